The van der Waals surface area contributed by atoms with Crippen molar-refractivity contribution in [1.29, 1.82) is 0 Å². The Balaban J connectivity index is 2.40. The third kappa shape index (κ3) is 2.16. The van der Waals surface area contributed by atoms with Gasteiger partial charge >= 0.3 is 5.69 Å². The Labute approximate surface area is 102 Å². The molecule has 6 nitrogen and oxygen atoms in total. The number of aromatic nitrogens is 4. The Morgan fingerprint density at radius 2 is 2.06 bits per heavy atom. The maximum absolute atomic E-state index is 11.7. The molecule has 90 valence electrons. The van der Waals surface area contributed by atoms with Gasteiger partial charge in [0.1, 0.15) is 5.15 Å². The predicted molar refractivity (Wildman–Crippen MR) is 63.3 cm³/mol. The standard InChI is InChI=1S/C10H11ClN4O2/c1-13-9(16)3-4-15(10(13)17)6-7-5-8(11)14(2)12-7/h3-5H,6H2,1-2H3. The summed E-state index contributed by atoms with van der Waals surface area (Å²) in [6.07, 6.45) is 1.45. The van der Waals surface area contributed by atoms with E-state index in [1.807, 2.05) is 0 Å². The normalized spacial score (nSPS) is 10.8. The van der Waals surface area contributed by atoms with Gasteiger partial charge in [-0.3, -0.25) is 18.6 Å². The molecule has 0 unspecified atom stereocenters. The second-order valence-corrected chi connectivity index (χ2v) is 4.09. The zero-order chi connectivity index (χ0) is 12.6. The van der Waals surface area contributed by atoms with Crippen LogP contribution in [-0.2, 0) is 20.6 Å². The average molecular weight is 255 g/mol. The van der Waals surface area contributed by atoms with Crippen LogP contribution in [-0.4, -0.2) is 18.9 Å². The summed E-state index contributed by atoms with van der Waals surface area (Å²) in [5.74, 6) is 0. The van der Waals surface area contributed by atoms with Crippen molar-refractivity contribution in [2.24, 2.45) is 14.1 Å². The van der Waals surface area contributed by atoms with Crippen LogP contribution in [0.4, 0.5) is 0 Å². The first-order chi connectivity index (χ1) is 7.99. The first kappa shape index (κ1) is 11.7. The zero-order valence-electron chi connectivity index (χ0n) is 9.42. The van der Waals surface area contributed by atoms with Crippen LogP contribution in [0.5, 0.6) is 0 Å². The fourth-order valence-electron chi connectivity index (χ4n) is 1.49. The van der Waals surface area contributed by atoms with Gasteiger partial charge in [0, 0.05) is 32.4 Å². The highest BCUT2D eigenvalue weighted by atomic mass is 35.5. The van der Waals surface area contributed by atoms with Gasteiger partial charge in [0.25, 0.3) is 5.56 Å². The van der Waals surface area contributed by atoms with Gasteiger partial charge < -0.3 is 0 Å². The van der Waals surface area contributed by atoms with Gasteiger partial charge in [-0.25, -0.2) is 4.79 Å². The summed E-state index contributed by atoms with van der Waals surface area (Å²) >= 11 is 5.85. The minimum atomic E-state index is -0.376. The molecule has 17 heavy (non-hydrogen) atoms. The van der Waals surface area contributed by atoms with Gasteiger partial charge in [-0.15, -0.1) is 0 Å². The van der Waals surface area contributed by atoms with E-state index < -0.39 is 0 Å². The molecular formula is C10H11ClN4O2. The molecule has 0 saturated carbocycles. The summed E-state index contributed by atoms with van der Waals surface area (Å²) < 4.78 is 3.97. The summed E-state index contributed by atoms with van der Waals surface area (Å²) in [7, 11) is 3.15. The van der Waals surface area contributed by atoms with Crippen LogP contribution in [0.2, 0.25) is 5.15 Å². The summed E-state index contributed by atoms with van der Waals surface area (Å²) in [4.78, 5) is 23.0. The van der Waals surface area contributed by atoms with Crippen molar-refractivity contribution in [1.82, 2.24) is 18.9 Å². The number of hydrogen-bond donors (Lipinski definition) is 0. The highest BCUT2D eigenvalue weighted by Gasteiger charge is 2.06. The molecule has 0 aromatic carbocycles. The molecule has 0 aliphatic carbocycles. The second kappa shape index (κ2) is 4.21. The lowest BCUT2D eigenvalue weighted by Gasteiger charge is -2.04. The van der Waals surface area contributed by atoms with Gasteiger partial charge in [-0.05, 0) is 0 Å². The van der Waals surface area contributed by atoms with Crippen molar-refractivity contribution in [3.8, 4) is 0 Å². The van der Waals surface area contributed by atoms with Crippen LogP contribution < -0.4 is 11.2 Å². The molecular weight excluding hydrogens is 244 g/mol. The molecule has 0 fully saturated rings. The monoisotopic (exact) mass is 254 g/mol. The van der Waals surface area contributed by atoms with E-state index >= 15 is 0 Å². The van der Waals surface area contributed by atoms with Gasteiger partial charge in [0.05, 0.1) is 12.2 Å². The maximum atomic E-state index is 11.7. The summed E-state index contributed by atoms with van der Waals surface area (Å²) in [5.41, 5.74) is -0.0390. The van der Waals surface area contributed by atoms with Crippen LogP contribution in [0.15, 0.2) is 27.9 Å². The van der Waals surface area contributed by atoms with E-state index in [1.165, 1.54) is 28.6 Å². The molecule has 0 atom stereocenters. The summed E-state index contributed by atoms with van der Waals surface area (Å²) in [5, 5.41) is 4.63. The largest absolute Gasteiger partial charge is 0.331 e. The minimum Gasteiger partial charge on any atom is -0.294 e. The molecule has 0 amide bonds. The van der Waals surface area contributed by atoms with Crippen molar-refractivity contribution in [2.75, 3.05) is 0 Å². The molecule has 7 heteroatoms. The lowest BCUT2D eigenvalue weighted by atomic mass is 10.4. The number of hydrogen-bond acceptors (Lipinski definition) is 3. The zero-order valence-corrected chi connectivity index (χ0v) is 10.2. The van der Waals surface area contributed by atoms with Crippen molar-refractivity contribution in [3.63, 3.8) is 0 Å². The van der Waals surface area contributed by atoms with Crippen LogP contribution >= 0.6 is 11.6 Å². The van der Waals surface area contributed by atoms with Gasteiger partial charge in [0.15, 0.2) is 0 Å². The highest BCUT2D eigenvalue weighted by Crippen LogP contribution is 2.09. The number of halogens is 1. The molecule has 2 heterocycles. The Kier molecular flexibility index (Phi) is 2.89. The fraction of sp³-hybridized carbons (Fsp3) is 0.300. The molecule has 2 aromatic heterocycles. The number of nitrogens with zero attached hydrogens (tertiary/aromatic N) is 4. The molecule has 2 rings (SSSR count). The maximum Gasteiger partial charge on any atom is 0.331 e. The van der Waals surface area contributed by atoms with E-state index in [1.54, 1.807) is 13.1 Å². The average Bonchev–Trinajstić information content (AvgIpc) is 2.59. The molecule has 0 bridgehead atoms. The van der Waals surface area contributed by atoms with Crippen LogP contribution in [0, 0.1) is 0 Å². The minimum absolute atomic E-state index is 0.285. The van der Waals surface area contributed by atoms with E-state index in [0.717, 1.165) is 4.57 Å². The van der Waals surface area contributed by atoms with Crippen LogP contribution in [0.1, 0.15) is 5.69 Å². The second-order valence-electron chi connectivity index (χ2n) is 3.71. The van der Waals surface area contributed by atoms with E-state index in [4.69, 9.17) is 11.6 Å². The van der Waals surface area contributed by atoms with Gasteiger partial charge in [-0.2, -0.15) is 5.10 Å². The molecule has 0 saturated heterocycles. The van der Waals surface area contributed by atoms with Gasteiger partial charge in [-0.1, -0.05) is 11.6 Å². The highest BCUT2D eigenvalue weighted by molar-refractivity contribution is 6.29. The third-order valence-corrected chi connectivity index (χ3v) is 2.82. The molecule has 0 aliphatic rings. The fourth-order valence-corrected chi connectivity index (χ4v) is 1.65. The lowest BCUT2D eigenvalue weighted by molar-refractivity contribution is 0.627. The molecule has 0 radical (unpaired) electrons. The van der Waals surface area contributed by atoms with Crippen molar-refractivity contribution < 1.29 is 0 Å². The van der Waals surface area contributed by atoms with Crippen molar-refractivity contribution in [3.05, 3.63) is 50.0 Å². The van der Waals surface area contributed by atoms with E-state index in [9.17, 15) is 9.59 Å². The third-order valence-electron chi connectivity index (χ3n) is 2.47. The lowest BCUT2D eigenvalue weighted by Crippen LogP contribution is -2.37. The summed E-state index contributed by atoms with van der Waals surface area (Å²) in [6.45, 7) is 0.285. The molecule has 0 N–H and O–H groups in total. The Morgan fingerprint density at radius 1 is 1.35 bits per heavy atom. The van der Waals surface area contributed by atoms with Gasteiger partial charge in [0.2, 0.25) is 0 Å². The van der Waals surface area contributed by atoms with E-state index in [-0.39, 0.29) is 17.8 Å². The van der Waals surface area contributed by atoms with Crippen molar-refractivity contribution in [2.45, 2.75) is 6.54 Å². The van der Waals surface area contributed by atoms with E-state index in [0.29, 0.717) is 10.8 Å². The molecule has 2 aromatic rings. The first-order valence-electron chi connectivity index (χ1n) is 4.94. The number of rotatable bonds is 2. The molecule has 0 aliphatic heterocycles. The van der Waals surface area contributed by atoms with E-state index in [2.05, 4.69) is 5.10 Å². The molecule has 0 spiro atoms. The predicted octanol–water partition coefficient (Wildman–Crippen LogP) is -0.0178. The van der Waals surface area contributed by atoms with Crippen LogP contribution in [0.3, 0.4) is 0 Å². The topological polar surface area (TPSA) is 61.8 Å². The summed E-state index contributed by atoms with van der Waals surface area (Å²) in [6, 6.07) is 3.02. The smallest absolute Gasteiger partial charge is 0.294 e. The van der Waals surface area contributed by atoms with Crippen molar-refractivity contribution >= 4 is 11.6 Å². The van der Waals surface area contributed by atoms with Crippen LogP contribution in [0.25, 0.3) is 0 Å². The number of aryl methyl sites for hydroxylation is 1. The first-order valence-corrected chi connectivity index (χ1v) is 5.31. The SMILES string of the molecule is Cn1nc(Cn2ccc(=O)n(C)c2=O)cc1Cl. The Hall–Kier alpha value is -1.82. The quantitative estimate of drug-likeness (QED) is 0.757. The Bertz CT molecular complexity index is 648. The Morgan fingerprint density at radius 3 is 2.65 bits per heavy atom.